The van der Waals surface area contributed by atoms with Gasteiger partial charge < -0.3 is 9.42 Å². The van der Waals surface area contributed by atoms with Gasteiger partial charge in [0.1, 0.15) is 0 Å². The summed E-state index contributed by atoms with van der Waals surface area (Å²) in [5, 5.41) is 4.01. The van der Waals surface area contributed by atoms with Crippen molar-refractivity contribution in [2.24, 2.45) is 0 Å². The third-order valence-electron chi connectivity index (χ3n) is 5.24. The van der Waals surface area contributed by atoms with Crippen molar-refractivity contribution >= 4 is 11.6 Å². The number of carbonyl (C=O) groups excluding carboxylic acids is 1. The molecule has 156 valence electrons. The van der Waals surface area contributed by atoms with Crippen LogP contribution >= 0.6 is 0 Å². The first kappa shape index (κ1) is 20.1. The van der Waals surface area contributed by atoms with Gasteiger partial charge in [0.25, 0.3) is 0 Å². The van der Waals surface area contributed by atoms with Crippen LogP contribution in [0.25, 0.3) is 11.4 Å². The molecule has 8 heteroatoms. The number of carbonyl (C=O) groups is 1. The molecule has 0 saturated carbocycles. The number of alkyl halides is 3. The molecule has 3 aromatic rings. The molecule has 1 unspecified atom stereocenters. The molecule has 1 saturated heterocycles. The SMILES string of the molecule is CC(C)c1ccc(-c2noc(C3CC(=O)N(c4cccc(C(F)(F)F)c4)C3)n2)cc1. The molecule has 0 spiro atoms. The van der Waals surface area contributed by atoms with Crippen LogP contribution in [0.3, 0.4) is 0 Å². The Kier molecular flexibility index (Phi) is 5.09. The molecule has 1 amide bonds. The third kappa shape index (κ3) is 3.94. The minimum atomic E-state index is -4.47. The van der Waals surface area contributed by atoms with E-state index < -0.39 is 11.7 Å². The Labute approximate surface area is 171 Å². The Morgan fingerprint density at radius 3 is 2.53 bits per heavy atom. The number of halogens is 3. The van der Waals surface area contributed by atoms with Gasteiger partial charge in [-0.3, -0.25) is 4.79 Å². The average Bonchev–Trinajstić information content (AvgIpc) is 3.34. The second-order valence-electron chi connectivity index (χ2n) is 7.69. The predicted molar refractivity (Wildman–Crippen MR) is 105 cm³/mol. The highest BCUT2D eigenvalue weighted by Gasteiger charge is 2.37. The summed E-state index contributed by atoms with van der Waals surface area (Å²) < 4.78 is 44.3. The fourth-order valence-corrected chi connectivity index (χ4v) is 3.51. The zero-order valence-electron chi connectivity index (χ0n) is 16.5. The van der Waals surface area contributed by atoms with Crippen LogP contribution in [-0.2, 0) is 11.0 Å². The van der Waals surface area contributed by atoms with Crippen LogP contribution in [0.4, 0.5) is 18.9 Å². The highest BCUT2D eigenvalue weighted by molar-refractivity contribution is 5.96. The van der Waals surface area contributed by atoms with Crippen molar-refractivity contribution in [2.75, 3.05) is 11.4 Å². The largest absolute Gasteiger partial charge is 0.416 e. The van der Waals surface area contributed by atoms with Crippen LogP contribution in [0.5, 0.6) is 0 Å². The summed E-state index contributed by atoms with van der Waals surface area (Å²) in [6.07, 6.45) is -4.37. The van der Waals surface area contributed by atoms with Crippen molar-refractivity contribution in [3.63, 3.8) is 0 Å². The number of benzene rings is 2. The van der Waals surface area contributed by atoms with E-state index >= 15 is 0 Å². The molecule has 1 atom stereocenters. The van der Waals surface area contributed by atoms with E-state index in [2.05, 4.69) is 24.0 Å². The highest BCUT2D eigenvalue weighted by Crippen LogP contribution is 2.35. The number of anilines is 1. The lowest BCUT2D eigenvalue weighted by atomic mass is 10.0. The quantitative estimate of drug-likeness (QED) is 0.573. The summed E-state index contributed by atoms with van der Waals surface area (Å²) in [5.74, 6) is 0.487. The van der Waals surface area contributed by atoms with E-state index in [1.807, 2.05) is 24.3 Å². The Balaban J connectivity index is 1.52. The predicted octanol–water partition coefficient (Wildman–Crippen LogP) is 5.40. The van der Waals surface area contributed by atoms with Gasteiger partial charge in [-0.15, -0.1) is 0 Å². The van der Waals surface area contributed by atoms with Crippen LogP contribution in [0, 0.1) is 0 Å². The first-order valence-electron chi connectivity index (χ1n) is 9.64. The van der Waals surface area contributed by atoms with Gasteiger partial charge in [0, 0.05) is 24.2 Å². The number of nitrogens with zero attached hydrogens (tertiary/aromatic N) is 3. The number of hydrogen-bond donors (Lipinski definition) is 0. The molecule has 5 nitrogen and oxygen atoms in total. The summed E-state index contributed by atoms with van der Waals surface area (Å²) in [4.78, 5) is 18.2. The van der Waals surface area contributed by atoms with E-state index in [4.69, 9.17) is 4.52 Å². The lowest BCUT2D eigenvalue weighted by molar-refractivity contribution is -0.137. The monoisotopic (exact) mass is 415 g/mol. The summed E-state index contributed by atoms with van der Waals surface area (Å²) >= 11 is 0. The molecule has 2 heterocycles. The molecule has 0 N–H and O–H groups in total. The van der Waals surface area contributed by atoms with E-state index in [9.17, 15) is 18.0 Å². The van der Waals surface area contributed by atoms with Crippen LogP contribution in [0.15, 0.2) is 53.1 Å². The second-order valence-corrected chi connectivity index (χ2v) is 7.69. The van der Waals surface area contributed by atoms with Crippen LogP contribution in [0.2, 0.25) is 0 Å². The smallest absolute Gasteiger partial charge is 0.339 e. The normalized spacial score (nSPS) is 17.2. The van der Waals surface area contributed by atoms with Gasteiger partial charge in [0.05, 0.1) is 11.5 Å². The fourth-order valence-electron chi connectivity index (χ4n) is 3.51. The zero-order valence-corrected chi connectivity index (χ0v) is 16.5. The van der Waals surface area contributed by atoms with Crippen molar-refractivity contribution in [3.8, 4) is 11.4 Å². The summed E-state index contributed by atoms with van der Waals surface area (Å²) in [6, 6.07) is 12.6. The second kappa shape index (κ2) is 7.59. The fraction of sp³-hybridized carbons (Fsp3) is 0.318. The van der Waals surface area contributed by atoms with Gasteiger partial charge in [-0.05, 0) is 29.7 Å². The lowest BCUT2D eigenvalue weighted by Gasteiger charge is -2.17. The summed E-state index contributed by atoms with van der Waals surface area (Å²) in [7, 11) is 0. The highest BCUT2D eigenvalue weighted by atomic mass is 19.4. The van der Waals surface area contributed by atoms with Crippen molar-refractivity contribution < 1.29 is 22.5 Å². The van der Waals surface area contributed by atoms with Gasteiger partial charge in [0.15, 0.2) is 0 Å². The topological polar surface area (TPSA) is 59.2 Å². The standard InChI is InChI=1S/C22H20F3N3O2/c1-13(2)14-6-8-15(9-7-14)20-26-21(30-27-20)16-10-19(29)28(12-16)18-5-3-4-17(11-18)22(23,24)25/h3-9,11,13,16H,10,12H2,1-2H3. The molecule has 2 aromatic carbocycles. The Morgan fingerprint density at radius 2 is 1.87 bits per heavy atom. The van der Waals surface area contributed by atoms with E-state index in [-0.39, 0.29) is 30.5 Å². The lowest BCUT2D eigenvalue weighted by Crippen LogP contribution is -2.24. The minimum absolute atomic E-state index is 0.101. The molecule has 0 bridgehead atoms. The molecule has 1 aliphatic rings. The first-order valence-corrected chi connectivity index (χ1v) is 9.64. The van der Waals surface area contributed by atoms with Gasteiger partial charge in [-0.2, -0.15) is 18.2 Å². The van der Waals surface area contributed by atoms with Gasteiger partial charge in [-0.1, -0.05) is 49.3 Å². The zero-order chi connectivity index (χ0) is 21.5. The van der Waals surface area contributed by atoms with Crippen LogP contribution in [0.1, 0.15) is 49.1 Å². The van der Waals surface area contributed by atoms with E-state index in [1.165, 1.54) is 22.6 Å². The van der Waals surface area contributed by atoms with E-state index in [1.54, 1.807) is 0 Å². The number of amides is 1. The maximum absolute atomic E-state index is 13.0. The molecule has 30 heavy (non-hydrogen) atoms. The molecule has 0 radical (unpaired) electrons. The third-order valence-corrected chi connectivity index (χ3v) is 5.24. The van der Waals surface area contributed by atoms with Crippen LogP contribution in [-0.4, -0.2) is 22.6 Å². The number of aromatic nitrogens is 2. The molecule has 4 rings (SSSR count). The molecular formula is C22H20F3N3O2. The van der Waals surface area contributed by atoms with Crippen molar-refractivity contribution in [1.82, 2.24) is 10.1 Å². The van der Waals surface area contributed by atoms with Gasteiger partial charge in [-0.25, -0.2) is 0 Å². The molecule has 1 aromatic heterocycles. The maximum Gasteiger partial charge on any atom is 0.416 e. The first-order chi connectivity index (χ1) is 14.2. The average molecular weight is 415 g/mol. The van der Waals surface area contributed by atoms with Crippen LogP contribution < -0.4 is 4.90 Å². The van der Waals surface area contributed by atoms with Crippen molar-refractivity contribution in [3.05, 3.63) is 65.5 Å². The minimum Gasteiger partial charge on any atom is -0.339 e. The van der Waals surface area contributed by atoms with Crippen molar-refractivity contribution in [2.45, 2.75) is 38.3 Å². The molecule has 0 aliphatic carbocycles. The van der Waals surface area contributed by atoms with E-state index in [0.717, 1.165) is 17.7 Å². The van der Waals surface area contributed by atoms with Gasteiger partial charge >= 0.3 is 6.18 Å². The Bertz CT molecular complexity index is 1060. The van der Waals surface area contributed by atoms with Gasteiger partial charge in [0.2, 0.25) is 17.6 Å². The Morgan fingerprint density at radius 1 is 1.13 bits per heavy atom. The summed E-state index contributed by atoms with van der Waals surface area (Å²) in [5.41, 5.74) is 1.41. The maximum atomic E-state index is 13.0. The molecule has 1 aliphatic heterocycles. The number of hydrogen-bond acceptors (Lipinski definition) is 4. The summed E-state index contributed by atoms with van der Waals surface area (Å²) in [6.45, 7) is 4.40. The molecule has 1 fully saturated rings. The molecular weight excluding hydrogens is 395 g/mol. The van der Waals surface area contributed by atoms with E-state index in [0.29, 0.717) is 17.6 Å². The Hall–Kier alpha value is -3.16. The van der Waals surface area contributed by atoms with Crippen molar-refractivity contribution in [1.29, 1.82) is 0 Å². The number of rotatable bonds is 4.